The molecule has 28 heavy (non-hydrogen) atoms. The quantitative estimate of drug-likeness (QED) is 0.651. The number of morpholine rings is 1. The Labute approximate surface area is 171 Å². The van der Waals surface area contributed by atoms with Crippen molar-refractivity contribution in [3.05, 3.63) is 34.4 Å². The van der Waals surface area contributed by atoms with Crippen LogP contribution in [0.3, 0.4) is 0 Å². The molecular formula is C19H21BrN4O4. The van der Waals surface area contributed by atoms with Crippen molar-refractivity contribution < 1.29 is 19.0 Å². The molecule has 1 aromatic heterocycles. The highest BCUT2D eigenvalue weighted by molar-refractivity contribution is 9.10. The van der Waals surface area contributed by atoms with Gasteiger partial charge in [0.1, 0.15) is 11.9 Å². The van der Waals surface area contributed by atoms with E-state index in [-0.39, 0.29) is 12.2 Å². The molecular weight excluding hydrogens is 428 g/mol. The molecule has 2 fully saturated rings. The molecule has 1 amide bonds. The second-order valence-electron chi connectivity index (χ2n) is 6.71. The van der Waals surface area contributed by atoms with Crippen LogP contribution in [0.5, 0.6) is 11.6 Å². The van der Waals surface area contributed by atoms with E-state index in [9.17, 15) is 4.79 Å². The summed E-state index contributed by atoms with van der Waals surface area (Å²) in [4.78, 5) is 21.4. The number of halogens is 1. The number of rotatable bonds is 7. The first-order valence-corrected chi connectivity index (χ1v) is 9.90. The Hall–Kier alpha value is -2.39. The van der Waals surface area contributed by atoms with Crippen LogP contribution in [0.1, 0.15) is 24.5 Å². The standard InChI is InChI=1S/C19H21BrN4O4/c1-26-18-14(20)9-21-19(23-18)22-15-5-2-12(8-16(15)28-13-3-4-13)17-10-24(11-25)6-7-27-17/h2,5,8-9,11,13,17H,3-4,6-7,10H2,1H3,(H,21,22,23). The van der Waals surface area contributed by atoms with Crippen LogP contribution < -0.4 is 14.8 Å². The monoisotopic (exact) mass is 448 g/mol. The van der Waals surface area contributed by atoms with Crippen LogP contribution in [0, 0.1) is 0 Å². The van der Waals surface area contributed by atoms with Crippen molar-refractivity contribution in [1.29, 1.82) is 0 Å². The second kappa shape index (κ2) is 8.32. The Balaban J connectivity index is 1.59. The number of nitrogens with one attached hydrogen (secondary N) is 1. The smallest absolute Gasteiger partial charge is 0.232 e. The van der Waals surface area contributed by atoms with Crippen molar-refractivity contribution in [2.24, 2.45) is 0 Å². The second-order valence-corrected chi connectivity index (χ2v) is 7.56. The summed E-state index contributed by atoms with van der Waals surface area (Å²) in [5.41, 5.74) is 1.74. The van der Waals surface area contributed by atoms with Crippen LogP contribution in [0.25, 0.3) is 0 Å². The summed E-state index contributed by atoms with van der Waals surface area (Å²) in [7, 11) is 1.56. The predicted octanol–water partition coefficient (Wildman–Crippen LogP) is 3.06. The normalized spacial score (nSPS) is 19.2. The fraction of sp³-hybridized carbons (Fsp3) is 0.421. The highest BCUT2D eigenvalue weighted by Gasteiger charge is 2.27. The first-order valence-electron chi connectivity index (χ1n) is 9.11. The van der Waals surface area contributed by atoms with Gasteiger partial charge in [-0.05, 0) is 46.5 Å². The maximum Gasteiger partial charge on any atom is 0.232 e. The van der Waals surface area contributed by atoms with Gasteiger partial charge in [0.2, 0.25) is 18.2 Å². The van der Waals surface area contributed by atoms with Gasteiger partial charge in [0.25, 0.3) is 0 Å². The number of benzene rings is 1. The van der Waals surface area contributed by atoms with Gasteiger partial charge in [0, 0.05) is 6.54 Å². The SMILES string of the molecule is COc1nc(Nc2ccc(C3CN(C=O)CCO3)cc2OC2CC2)ncc1Br. The lowest BCUT2D eigenvalue weighted by Crippen LogP contribution is -2.37. The van der Waals surface area contributed by atoms with E-state index in [0.29, 0.717) is 36.0 Å². The number of carbonyl (C=O) groups is 1. The van der Waals surface area contributed by atoms with Crippen LogP contribution in [-0.4, -0.2) is 54.2 Å². The van der Waals surface area contributed by atoms with Crippen molar-refractivity contribution in [3.8, 4) is 11.6 Å². The van der Waals surface area contributed by atoms with Gasteiger partial charge in [0.15, 0.2) is 0 Å². The van der Waals surface area contributed by atoms with E-state index in [4.69, 9.17) is 14.2 Å². The fourth-order valence-corrected chi connectivity index (χ4v) is 3.30. The highest BCUT2D eigenvalue weighted by Crippen LogP contribution is 2.36. The zero-order valence-electron chi connectivity index (χ0n) is 15.4. The summed E-state index contributed by atoms with van der Waals surface area (Å²) in [5.74, 6) is 1.58. The summed E-state index contributed by atoms with van der Waals surface area (Å²) in [6.45, 7) is 1.68. The maximum absolute atomic E-state index is 11.1. The molecule has 0 spiro atoms. The number of anilines is 2. The minimum absolute atomic E-state index is 0.168. The maximum atomic E-state index is 11.1. The number of hydrogen-bond acceptors (Lipinski definition) is 7. The third-order valence-corrected chi connectivity index (χ3v) is 5.14. The molecule has 1 aromatic carbocycles. The van der Waals surface area contributed by atoms with E-state index in [1.54, 1.807) is 18.2 Å². The molecule has 4 rings (SSSR count). The average molecular weight is 449 g/mol. The molecule has 1 N–H and O–H groups in total. The zero-order valence-corrected chi connectivity index (χ0v) is 17.0. The summed E-state index contributed by atoms with van der Waals surface area (Å²) in [5, 5.41) is 3.20. The van der Waals surface area contributed by atoms with Crippen molar-refractivity contribution >= 4 is 34.0 Å². The van der Waals surface area contributed by atoms with E-state index >= 15 is 0 Å². The van der Waals surface area contributed by atoms with Crippen molar-refractivity contribution in [2.45, 2.75) is 25.0 Å². The predicted molar refractivity (Wildman–Crippen MR) is 106 cm³/mol. The van der Waals surface area contributed by atoms with Gasteiger partial charge in [-0.3, -0.25) is 4.79 Å². The van der Waals surface area contributed by atoms with Gasteiger partial charge >= 0.3 is 0 Å². The molecule has 1 aliphatic carbocycles. The van der Waals surface area contributed by atoms with Crippen LogP contribution >= 0.6 is 15.9 Å². The van der Waals surface area contributed by atoms with Gasteiger partial charge in [-0.1, -0.05) is 6.07 Å². The molecule has 1 atom stereocenters. The van der Waals surface area contributed by atoms with Crippen LogP contribution in [-0.2, 0) is 9.53 Å². The molecule has 8 nitrogen and oxygen atoms in total. The van der Waals surface area contributed by atoms with E-state index in [1.165, 1.54) is 0 Å². The first kappa shape index (κ1) is 18.9. The minimum Gasteiger partial charge on any atom is -0.488 e. The van der Waals surface area contributed by atoms with Crippen molar-refractivity contribution in [2.75, 3.05) is 32.1 Å². The summed E-state index contributed by atoms with van der Waals surface area (Å²) >= 11 is 3.35. The topological polar surface area (TPSA) is 85.8 Å². The number of nitrogens with zero attached hydrogens (tertiary/aromatic N) is 3. The Morgan fingerprint density at radius 2 is 2.25 bits per heavy atom. The first-order chi connectivity index (χ1) is 13.7. The lowest BCUT2D eigenvalue weighted by molar-refractivity contribution is -0.125. The molecule has 1 aliphatic heterocycles. The molecule has 1 saturated carbocycles. The van der Waals surface area contributed by atoms with Gasteiger partial charge in [-0.15, -0.1) is 0 Å². The number of ether oxygens (including phenoxy) is 3. The molecule has 0 radical (unpaired) electrons. The molecule has 2 heterocycles. The van der Waals surface area contributed by atoms with Crippen LogP contribution in [0.2, 0.25) is 0 Å². The Morgan fingerprint density at radius 1 is 1.39 bits per heavy atom. The number of methoxy groups -OCH3 is 1. The highest BCUT2D eigenvalue weighted by atomic mass is 79.9. The third kappa shape index (κ3) is 4.36. The molecule has 0 bridgehead atoms. The van der Waals surface area contributed by atoms with E-state index in [0.717, 1.165) is 36.3 Å². The molecule has 1 unspecified atom stereocenters. The Morgan fingerprint density at radius 3 is 3.00 bits per heavy atom. The van der Waals surface area contributed by atoms with Crippen molar-refractivity contribution in [1.82, 2.24) is 14.9 Å². The molecule has 9 heteroatoms. The van der Waals surface area contributed by atoms with E-state index in [1.807, 2.05) is 18.2 Å². The lowest BCUT2D eigenvalue weighted by atomic mass is 10.1. The number of aromatic nitrogens is 2. The summed E-state index contributed by atoms with van der Waals surface area (Å²) < 4.78 is 17.9. The summed E-state index contributed by atoms with van der Waals surface area (Å²) in [6.07, 6.45) is 4.66. The average Bonchev–Trinajstić information content (AvgIpc) is 3.54. The Bertz CT molecular complexity index is 862. The Kier molecular flexibility index (Phi) is 5.63. The minimum atomic E-state index is -0.168. The van der Waals surface area contributed by atoms with Gasteiger partial charge in [-0.2, -0.15) is 4.98 Å². The molecule has 2 aliphatic rings. The van der Waals surface area contributed by atoms with Crippen LogP contribution in [0.15, 0.2) is 28.9 Å². The van der Waals surface area contributed by atoms with Gasteiger partial charge in [0.05, 0.1) is 42.7 Å². The largest absolute Gasteiger partial charge is 0.488 e. The van der Waals surface area contributed by atoms with Crippen LogP contribution in [0.4, 0.5) is 11.6 Å². The fourth-order valence-electron chi connectivity index (χ4n) is 2.95. The summed E-state index contributed by atoms with van der Waals surface area (Å²) in [6, 6.07) is 5.86. The number of carbonyl (C=O) groups excluding carboxylic acids is 1. The molecule has 148 valence electrons. The molecule has 1 saturated heterocycles. The van der Waals surface area contributed by atoms with Gasteiger partial charge < -0.3 is 24.4 Å². The van der Waals surface area contributed by atoms with E-state index in [2.05, 4.69) is 31.2 Å². The number of hydrogen-bond donors (Lipinski definition) is 1. The van der Waals surface area contributed by atoms with E-state index < -0.39 is 0 Å². The van der Waals surface area contributed by atoms with Gasteiger partial charge in [-0.25, -0.2) is 4.98 Å². The number of amides is 1. The molecule has 2 aromatic rings. The lowest BCUT2D eigenvalue weighted by Gasteiger charge is -2.30. The van der Waals surface area contributed by atoms with Crippen molar-refractivity contribution in [3.63, 3.8) is 0 Å². The zero-order chi connectivity index (χ0) is 19.5. The third-order valence-electron chi connectivity index (χ3n) is 4.59.